The quantitative estimate of drug-likeness (QED) is 0.876. The Kier molecular flexibility index (Phi) is 4.70. The van der Waals surface area contributed by atoms with E-state index in [4.69, 9.17) is 4.74 Å². The Morgan fingerprint density at radius 3 is 2.89 bits per heavy atom. The van der Waals surface area contributed by atoms with Crippen LogP contribution < -0.4 is 4.90 Å². The van der Waals surface area contributed by atoms with Gasteiger partial charge in [-0.05, 0) is 25.5 Å². The molecule has 1 aromatic rings. The first-order chi connectivity index (χ1) is 13.0. The number of benzene rings is 1. The Morgan fingerprint density at radius 2 is 2.11 bits per heavy atom. The first-order valence-electron chi connectivity index (χ1n) is 9.29. The van der Waals surface area contributed by atoms with E-state index in [0.29, 0.717) is 44.3 Å². The van der Waals surface area contributed by atoms with E-state index in [0.717, 1.165) is 11.3 Å². The number of hydrogen-bond donors (Lipinski definition) is 1. The van der Waals surface area contributed by atoms with Gasteiger partial charge in [0.05, 0.1) is 25.3 Å². The molecule has 1 atom stereocenters. The number of ether oxygens (including phenoxy) is 1. The molecule has 142 valence electrons. The molecule has 1 saturated heterocycles. The van der Waals surface area contributed by atoms with Gasteiger partial charge < -0.3 is 19.6 Å². The number of hydrogen-bond acceptors (Lipinski definition) is 6. The van der Waals surface area contributed by atoms with Gasteiger partial charge in [-0.2, -0.15) is 0 Å². The van der Waals surface area contributed by atoms with Gasteiger partial charge >= 0.3 is 0 Å². The normalized spacial score (nSPS) is 22.4. The second-order valence-corrected chi connectivity index (χ2v) is 7.19. The molecule has 7 nitrogen and oxygen atoms in total. The number of anilines is 1. The molecule has 1 N–H and O–H groups in total. The molecule has 0 radical (unpaired) electrons. The summed E-state index contributed by atoms with van der Waals surface area (Å²) in [7, 11) is 0. The van der Waals surface area contributed by atoms with Crippen molar-refractivity contribution in [1.82, 2.24) is 4.90 Å². The molecule has 1 amide bonds. The van der Waals surface area contributed by atoms with Crippen LogP contribution >= 0.6 is 0 Å². The number of aliphatic imine (C=N–C) groups is 1. The second kappa shape index (κ2) is 7.15. The zero-order valence-corrected chi connectivity index (χ0v) is 15.4. The highest BCUT2D eigenvalue weighted by molar-refractivity contribution is 6.16. The SMILES string of the molecule is CC1Cc2c(O)cccc2N1C(=O)CC1=NC(N2CCOCC2)=CC(=O)C1. The molecule has 0 aliphatic carbocycles. The van der Waals surface area contributed by atoms with Gasteiger partial charge in [0.15, 0.2) is 5.78 Å². The van der Waals surface area contributed by atoms with Crippen molar-refractivity contribution in [2.24, 2.45) is 4.99 Å². The molecule has 3 aliphatic rings. The van der Waals surface area contributed by atoms with Crippen molar-refractivity contribution in [2.75, 3.05) is 31.2 Å². The van der Waals surface area contributed by atoms with Crippen LogP contribution in [-0.2, 0) is 20.7 Å². The Labute approximate surface area is 157 Å². The minimum absolute atomic E-state index is 0.0261. The highest BCUT2D eigenvalue weighted by Crippen LogP contribution is 2.38. The maximum absolute atomic E-state index is 13.0. The van der Waals surface area contributed by atoms with Crippen molar-refractivity contribution in [2.45, 2.75) is 32.2 Å². The lowest BCUT2D eigenvalue weighted by Crippen LogP contribution is -2.38. The molecule has 3 aliphatic heterocycles. The van der Waals surface area contributed by atoms with E-state index in [2.05, 4.69) is 4.99 Å². The molecule has 1 fully saturated rings. The van der Waals surface area contributed by atoms with E-state index in [1.165, 1.54) is 0 Å². The summed E-state index contributed by atoms with van der Waals surface area (Å²) in [5, 5.41) is 10.1. The van der Waals surface area contributed by atoms with Crippen LogP contribution in [0.5, 0.6) is 5.75 Å². The van der Waals surface area contributed by atoms with Gasteiger partial charge in [-0.1, -0.05) is 6.07 Å². The summed E-state index contributed by atoms with van der Waals surface area (Å²) in [5.74, 6) is 0.727. The zero-order valence-electron chi connectivity index (χ0n) is 15.4. The van der Waals surface area contributed by atoms with Crippen LogP contribution in [0.3, 0.4) is 0 Å². The second-order valence-electron chi connectivity index (χ2n) is 7.19. The lowest BCUT2D eigenvalue weighted by molar-refractivity contribution is -0.117. The van der Waals surface area contributed by atoms with Gasteiger partial charge in [-0.15, -0.1) is 0 Å². The molecular formula is C20H23N3O4. The average molecular weight is 369 g/mol. The molecule has 0 saturated carbocycles. The van der Waals surface area contributed by atoms with Crippen molar-refractivity contribution in [3.8, 4) is 5.75 Å². The molecule has 0 spiro atoms. The van der Waals surface area contributed by atoms with Gasteiger partial charge in [-0.3, -0.25) is 9.59 Å². The predicted molar refractivity (Wildman–Crippen MR) is 101 cm³/mol. The van der Waals surface area contributed by atoms with E-state index in [1.54, 1.807) is 23.1 Å². The Bertz CT molecular complexity index is 840. The van der Waals surface area contributed by atoms with Gasteiger partial charge in [0.2, 0.25) is 5.91 Å². The van der Waals surface area contributed by atoms with Crippen molar-refractivity contribution < 1.29 is 19.4 Å². The number of phenolic OH excluding ortho intramolecular Hbond substituents is 1. The molecule has 1 aromatic carbocycles. The summed E-state index contributed by atoms with van der Waals surface area (Å²) in [4.78, 5) is 33.5. The van der Waals surface area contributed by atoms with Gasteiger partial charge in [-0.25, -0.2) is 4.99 Å². The number of fused-ring (bicyclic) bond motifs is 1. The third kappa shape index (κ3) is 3.47. The smallest absolute Gasteiger partial charge is 0.232 e. The third-order valence-electron chi connectivity index (χ3n) is 5.23. The summed E-state index contributed by atoms with van der Waals surface area (Å²) in [6.45, 7) is 4.57. The molecule has 0 aromatic heterocycles. The van der Waals surface area contributed by atoms with Crippen LogP contribution in [0.15, 0.2) is 35.1 Å². The fraction of sp³-hybridized carbons (Fsp3) is 0.450. The van der Waals surface area contributed by atoms with E-state index < -0.39 is 0 Å². The number of amides is 1. The van der Waals surface area contributed by atoms with Crippen molar-refractivity contribution in [3.05, 3.63) is 35.7 Å². The number of morpholine rings is 1. The van der Waals surface area contributed by atoms with Gasteiger partial charge in [0.1, 0.15) is 11.6 Å². The number of aromatic hydroxyl groups is 1. The predicted octanol–water partition coefficient (Wildman–Crippen LogP) is 1.65. The Morgan fingerprint density at radius 1 is 1.33 bits per heavy atom. The van der Waals surface area contributed by atoms with Crippen molar-refractivity contribution in [1.29, 1.82) is 0 Å². The fourth-order valence-electron chi connectivity index (χ4n) is 3.95. The number of carbonyl (C=O) groups excluding carboxylic acids is 2. The lowest BCUT2D eigenvalue weighted by Gasteiger charge is -2.30. The van der Waals surface area contributed by atoms with E-state index in [9.17, 15) is 14.7 Å². The molecule has 27 heavy (non-hydrogen) atoms. The molecular weight excluding hydrogens is 346 g/mol. The lowest BCUT2D eigenvalue weighted by atomic mass is 10.1. The van der Waals surface area contributed by atoms with Crippen molar-refractivity contribution in [3.63, 3.8) is 0 Å². The van der Waals surface area contributed by atoms with Crippen LogP contribution in [0.25, 0.3) is 0 Å². The number of rotatable bonds is 3. The number of nitrogens with zero attached hydrogens (tertiary/aromatic N) is 3. The van der Waals surface area contributed by atoms with Crippen LogP contribution in [-0.4, -0.2) is 59.8 Å². The molecule has 1 unspecified atom stereocenters. The number of ketones is 1. The van der Waals surface area contributed by atoms with E-state index >= 15 is 0 Å². The minimum atomic E-state index is -0.0957. The Balaban J connectivity index is 1.53. The molecule has 0 bridgehead atoms. The summed E-state index contributed by atoms with van der Waals surface area (Å²) >= 11 is 0. The van der Waals surface area contributed by atoms with Gasteiger partial charge in [0.25, 0.3) is 0 Å². The number of carbonyl (C=O) groups is 2. The first kappa shape index (κ1) is 17.7. The molecule has 7 heteroatoms. The summed E-state index contributed by atoms with van der Waals surface area (Å²) < 4.78 is 5.35. The monoisotopic (exact) mass is 369 g/mol. The standard InChI is InChI=1S/C20H23N3O4/c1-13-9-16-17(3-2-4-18(16)25)23(13)20(26)11-14-10-15(24)12-19(21-14)22-5-7-27-8-6-22/h2-4,12-13,25H,5-11H2,1H3. The zero-order chi connectivity index (χ0) is 19.0. The molecule has 4 rings (SSSR count). The maximum Gasteiger partial charge on any atom is 0.232 e. The average Bonchev–Trinajstić information content (AvgIpc) is 2.99. The highest BCUT2D eigenvalue weighted by Gasteiger charge is 2.33. The van der Waals surface area contributed by atoms with Crippen LogP contribution in [0, 0.1) is 0 Å². The number of allylic oxidation sites excluding steroid dienone is 1. The largest absolute Gasteiger partial charge is 0.508 e. The molecule has 3 heterocycles. The van der Waals surface area contributed by atoms with Crippen LogP contribution in [0.2, 0.25) is 0 Å². The van der Waals surface area contributed by atoms with Crippen LogP contribution in [0.1, 0.15) is 25.3 Å². The highest BCUT2D eigenvalue weighted by atomic mass is 16.5. The first-order valence-corrected chi connectivity index (χ1v) is 9.29. The van der Waals surface area contributed by atoms with Crippen LogP contribution in [0.4, 0.5) is 5.69 Å². The summed E-state index contributed by atoms with van der Waals surface area (Å²) in [6.07, 6.45) is 2.46. The minimum Gasteiger partial charge on any atom is -0.508 e. The fourth-order valence-corrected chi connectivity index (χ4v) is 3.95. The summed E-state index contributed by atoms with van der Waals surface area (Å²) in [6, 6.07) is 5.20. The Hall–Kier alpha value is -2.67. The third-order valence-corrected chi connectivity index (χ3v) is 5.23. The van der Waals surface area contributed by atoms with E-state index in [-0.39, 0.29) is 36.3 Å². The topological polar surface area (TPSA) is 82.4 Å². The number of phenols is 1. The summed E-state index contributed by atoms with van der Waals surface area (Å²) in [5.41, 5.74) is 2.14. The van der Waals surface area contributed by atoms with Crippen molar-refractivity contribution >= 4 is 23.1 Å². The van der Waals surface area contributed by atoms with Gasteiger partial charge in [0, 0.05) is 42.9 Å². The maximum atomic E-state index is 13.0. The van der Waals surface area contributed by atoms with E-state index in [1.807, 2.05) is 17.9 Å².